The van der Waals surface area contributed by atoms with Crippen LogP contribution in [0.3, 0.4) is 0 Å². The number of hydrogen-bond acceptors (Lipinski definition) is 1. The molecule has 2 heteroatoms. The first kappa shape index (κ1) is 8.61. The van der Waals surface area contributed by atoms with Crippen molar-refractivity contribution >= 4 is 5.69 Å². The fourth-order valence-electron chi connectivity index (χ4n) is 1.03. The summed E-state index contributed by atoms with van der Waals surface area (Å²) in [7, 11) is 1.58. The molecule has 1 aromatic rings. The molecule has 0 amide bonds. The normalized spacial score (nSPS) is 9.17. The van der Waals surface area contributed by atoms with Crippen molar-refractivity contribution in [1.29, 1.82) is 0 Å². The van der Waals surface area contributed by atoms with Crippen molar-refractivity contribution in [2.24, 2.45) is 0 Å². The van der Waals surface area contributed by atoms with E-state index in [1.165, 1.54) is 0 Å². The molecule has 0 heterocycles. The van der Waals surface area contributed by atoms with Gasteiger partial charge in [-0.15, -0.1) is 0 Å². The summed E-state index contributed by atoms with van der Waals surface area (Å²) in [5.74, 6) is 0.660. The smallest absolute Gasteiger partial charge is 0.228 e. The van der Waals surface area contributed by atoms with E-state index < -0.39 is 0 Å². The van der Waals surface area contributed by atoms with E-state index in [9.17, 15) is 0 Å². The number of rotatable bonds is 1. The Morgan fingerprint density at radius 1 is 1.25 bits per heavy atom. The molecule has 0 fully saturated rings. The number of hydrogen-bond donors (Lipinski definition) is 0. The van der Waals surface area contributed by atoms with Gasteiger partial charge >= 0.3 is 0 Å². The second-order valence-corrected chi connectivity index (χ2v) is 2.72. The third kappa shape index (κ3) is 1.40. The van der Waals surface area contributed by atoms with Crippen LogP contribution in [0.15, 0.2) is 12.1 Å². The lowest BCUT2D eigenvalue weighted by molar-refractivity contribution is 0.417. The van der Waals surface area contributed by atoms with Gasteiger partial charge in [-0.2, -0.15) is 0 Å². The van der Waals surface area contributed by atoms with Crippen LogP contribution in [0, 0.1) is 20.4 Å². The average Bonchev–Trinajstić information content (AvgIpc) is 2.09. The predicted octanol–water partition coefficient (Wildman–Crippen LogP) is 2.86. The molecular weight excluding hydrogens is 150 g/mol. The van der Waals surface area contributed by atoms with Crippen molar-refractivity contribution in [2.45, 2.75) is 13.8 Å². The van der Waals surface area contributed by atoms with Crippen molar-refractivity contribution in [2.75, 3.05) is 7.11 Å². The van der Waals surface area contributed by atoms with Crippen LogP contribution in [0.2, 0.25) is 0 Å². The minimum absolute atomic E-state index is 0.584. The summed E-state index contributed by atoms with van der Waals surface area (Å²) in [5, 5.41) is 0. The van der Waals surface area contributed by atoms with E-state index in [0.717, 1.165) is 11.1 Å². The van der Waals surface area contributed by atoms with Crippen LogP contribution in [-0.2, 0) is 0 Å². The van der Waals surface area contributed by atoms with E-state index in [0.29, 0.717) is 11.4 Å². The standard InChI is InChI=1S/C10H11NO/c1-7-5-9(11-3)10(12-4)6-8(7)2/h5-6H,1-2,4H3. The van der Waals surface area contributed by atoms with Gasteiger partial charge in [0.25, 0.3) is 0 Å². The minimum atomic E-state index is 0.584. The molecule has 0 saturated heterocycles. The van der Waals surface area contributed by atoms with Crippen LogP contribution in [0.4, 0.5) is 5.69 Å². The van der Waals surface area contributed by atoms with Gasteiger partial charge < -0.3 is 4.74 Å². The summed E-state index contributed by atoms with van der Waals surface area (Å²) in [5.41, 5.74) is 2.86. The molecule has 2 nitrogen and oxygen atoms in total. The first-order valence-corrected chi connectivity index (χ1v) is 3.71. The number of ether oxygens (including phenoxy) is 1. The summed E-state index contributed by atoms with van der Waals surface area (Å²) >= 11 is 0. The van der Waals surface area contributed by atoms with Crippen molar-refractivity contribution in [3.05, 3.63) is 34.7 Å². The SMILES string of the molecule is [C-]#[N+]c1cc(C)c(C)cc1OC. The van der Waals surface area contributed by atoms with Crippen LogP contribution in [0.1, 0.15) is 11.1 Å². The third-order valence-corrected chi connectivity index (χ3v) is 1.92. The molecule has 0 atom stereocenters. The molecule has 1 aromatic carbocycles. The molecule has 12 heavy (non-hydrogen) atoms. The quantitative estimate of drug-likeness (QED) is 0.577. The monoisotopic (exact) mass is 161 g/mol. The lowest BCUT2D eigenvalue weighted by Gasteiger charge is -2.06. The molecule has 0 aliphatic rings. The Morgan fingerprint density at radius 3 is 2.33 bits per heavy atom. The maximum absolute atomic E-state index is 6.90. The molecule has 0 aromatic heterocycles. The van der Waals surface area contributed by atoms with E-state index in [4.69, 9.17) is 11.3 Å². The molecule has 0 radical (unpaired) electrons. The zero-order valence-electron chi connectivity index (χ0n) is 7.51. The Morgan fingerprint density at radius 2 is 1.83 bits per heavy atom. The topological polar surface area (TPSA) is 13.6 Å². The van der Waals surface area contributed by atoms with E-state index in [-0.39, 0.29) is 0 Å². The van der Waals surface area contributed by atoms with E-state index in [1.54, 1.807) is 7.11 Å². The second kappa shape index (κ2) is 3.27. The van der Waals surface area contributed by atoms with Crippen molar-refractivity contribution in [1.82, 2.24) is 0 Å². The lowest BCUT2D eigenvalue weighted by Crippen LogP contribution is -1.86. The van der Waals surface area contributed by atoms with Gasteiger partial charge in [0.2, 0.25) is 5.69 Å². The van der Waals surface area contributed by atoms with Gasteiger partial charge in [0, 0.05) is 0 Å². The number of aryl methyl sites for hydroxylation is 2. The Kier molecular flexibility index (Phi) is 2.35. The van der Waals surface area contributed by atoms with Crippen LogP contribution in [-0.4, -0.2) is 7.11 Å². The van der Waals surface area contributed by atoms with Crippen LogP contribution < -0.4 is 4.74 Å². The van der Waals surface area contributed by atoms with E-state index in [1.807, 2.05) is 26.0 Å². The molecule has 0 aliphatic heterocycles. The first-order chi connectivity index (χ1) is 5.69. The Balaban J connectivity index is 3.31. The van der Waals surface area contributed by atoms with Crippen LogP contribution in [0.5, 0.6) is 5.75 Å². The molecule has 1 rings (SSSR count). The van der Waals surface area contributed by atoms with Crippen LogP contribution >= 0.6 is 0 Å². The van der Waals surface area contributed by atoms with Gasteiger partial charge in [0.05, 0.1) is 13.7 Å². The third-order valence-electron chi connectivity index (χ3n) is 1.92. The second-order valence-electron chi connectivity index (χ2n) is 2.72. The maximum Gasteiger partial charge on any atom is 0.228 e. The molecule has 0 saturated carbocycles. The molecule has 0 aliphatic carbocycles. The van der Waals surface area contributed by atoms with Gasteiger partial charge in [0.15, 0.2) is 0 Å². The highest BCUT2D eigenvalue weighted by Crippen LogP contribution is 2.30. The fourth-order valence-corrected chi connectivity index (χ4v) is 1.03. The summed E-state index contributed by atoms with van der Waals surface area (Å²) in [6.07, 6.45) is 0. The number of nitrogens with zero attached hydrogens (tertiary/aromatic N) is 1. The largest absolute Gasteiger partial charge is 0.508 e. The van der Waals surface area contributed by atoms with Crippen molar-refractivity contribution in [3.8, 4) is 5.75 Å². The number of methoxy groups -OCH3 is 1. The molecular formula is C10H11NO. The van der Waals surface area contributed by atoms with E-state index >= 15 is 0 Å². The average molecular weight is 161 g/mol. The first-order valence-electron chi connectivity index (χ1n) is 3.71. The fraction of sp³-hybridized carbons (Fsp3) is 0.300. The van der Waals surface area contributed by atoms with Gasteiger partial charge in [-0.05, 0) is 31.5 Å². The highest BCUT2D eigenvalue weighted by molar-refractivity contribution is 5.60. The Bertz CT molecular complexity index is 336. The molecule has 0 N–H and O–H groups in total. The molecule has 62 valence electrons. The Hall–Kier alpha value is -1.49. The Labute approximate surface area is 72.6 Å². The summed E-state index contributed by atoms with van der Waals surface area (Å²) in [6, 6.07) is 3.74. The van der Waals surface area contributed by atoms with Gasteiger partial charge in [0.1, 0.15) is 5.75 Å². The summed E-state index contributed by atoms with van der Waals surface area (Å²) < 4.78 is 5.06. The minimum Gasteiger partial charge on any atom is -0.508 e. The van der Waals surface area contributed by atoms with E-state index in [2.05, 4.69) is 4.85 Å². The van der Waals surface area contributed by atoms with Gasteiger partial charge in [-0.25, -0.2) is 4.85 Å². The maximum atomic E-state index is 6.90. The van der Waals surface area contributed by atoms with Gasteiger partial charge in [-0.3, -0.25) is 0 Å². The van der Waals surface area contributed by atoms with Gasteiger partial charge in [-0.1, -0.05) is 5.56 Å². The summed E-state index contributed by atoms with van der Waals surface area (Å²) in [4.78, 5) is 3.37. The van der Waals surface area contributed by atoms with Crippen LogP contribution in [0.25, 0.3) is 4.85 Å². The number of benzene rings is 1. The summed E-state index contributed by atoms with van der Waals surface area (Å²) in [6.45, 7) is 10.9. The zero-order valence-corrected chi connectivity index (χ0v) is 7.51. The molecule has 0 unspecified atom stereocenters. The molecule has 0 bridgehead atoms. The highest BCUT2D eigenvalue weighted by atomic mass is 16.5. The van der Waals surface area contributed by atoms with Crippen molar-refractivity contribution < 1.29 is 4.74 Å². The zero-order chi connectivity index (χ0) is 9.14. The highest BCUT2D eigenvalue weighted by Gasteiger charge is 2.04. The van der Waals surface area contributed by atoms with Crippen molar-refractivity contribution in [3.63, 3.8) is 0 Å². The lowest BCUT2D eigenvalue weighted by atomic mass is 10.1. The predicted molar refractivity (Wildman–Crippen MR) is 48.7 cm³/mol. The molecule has 0 spiro atoms.